The van der Waals surface area contributed by atoms with Crippen molar-refractivity contribution in [1.82, 2.24) is 9.97 Å². The monoisotopic (exact) mass is 310 g/mol. The van der Waals surface area contributed by atoms with Crippen molar-refractivity contribution in [3.63, 3.8) is 0 Å². The Morgan fingerprint density at radius 1 is 1.39 bits per heavy atom. The van der Waals surface area contributed by atoms with Crippen LogP contribution in [-0.4, -0.2) is 15.9 Å². The van der Waals surface area contributed by atoms with Crippen LogP contribution in [0.5, 0.6) is 0 Å². The van der Waals surface area contributed by atoms with Crippen LogP contribution in [0.2, 0.25) is 0 Å². The summed E-state index contributed by atoms with van der Waals surface area (Å²) in [5, 5.41) is 2.47. The van der Waals surface area contributed by atoms with Crippen LogP contribution in [-0.2, 0) is 0 Å². The van der Waals surface area contributed by atoms with Crippen molar-refractivity contribution in [2.75, 3.05) is 11.1 Å². The van der Waals surface area contributed by atoms with Crippen LogP contribution in [0.1, 0.15) is 10.4 Å². The Kier molecular flexibility index (Phi) is 3.52. The number of rotatable bonds is 2. The molecular weight excluding hydrogens is 303 g/mol. The number of benzene rings is 1. The molecule has 0 aliphatic rings. The lowest BCUT2D eigenvalue weighted by atomic mass is 10.1. The molecule has 0 saturated heterocycles. The van der Waals surface area contributed by atoms with E-state index >= 15 is 0 Å². The van der Waals surface area contributed by atoms with Gasteiger partial charge in [0.25, 0.3) is 5.91 Å². The molecule has 0 atom stereocenters. The Morgan fingerprint density at radius 2 is 2.17 bits per heavy atom. The smallest absolute Gasteiger partial charge is 0.259 e. The van der Waals surface area contributed by atoms with E-state index in [0.717, 1.165) is 6.07 Å². The number of aromatic nitrogens is 2. The number of hydrogen-bond acceptors (Lipinski definition) is 4. The van der Waals surface area contributed by atoms with Crippen molar-refractivity contribution >= 4 is 33.3 Å². The maximum absolute atomic E-state index is 13.3. The predicted octanol–water partition coefficient (Wildman–Crippen LogP) is 2.21. The summed E-state index contributed by atoms with van der Waals surface area (Å²) in [5.41, 5.74) is 5.87. The molecule has 18 heavy (non-hydrogen) atoms. The number of halogens is 2. The van der Waals surface area contributed by atoms with Gasteiger partial charge in [0, 0.05) is 18.1 Å². The minimum absolute atomic E-state index is 0.0429. The van der Waals surface area contributed by atoms with Crippen molar-refractivity contribution in [1.29, 1.82) is 0 Å². The highest BCUT2D eigenvalue weighted by atomic mass is 79.9. The molecule has 0 saturated carbocycles. The van der Waals surface area contributed by atoms with Crippen LogP contribution < -0.4 is 11.1 Å². The van der Waals surface area contributed by atoms with Crippen molar-refractivity contribution in [2.45, 2.75) is 0 Å². The molecule has 2 rings (SSSR count). The van der Waals surface area contributed by atoms with Crippen LogP contribution in [0.15, 0.2) is 35.2 Å². The SMILES string of the molecule is Nc1cc(Br)c(F)cc1C(=O)Nc1cnccn1. The lowest BCUT2D eigenvalue weighted by Gasteiger charge is -2.07. The summed E-state index contributed by atoms with van der Waals surface area (Å²) in [5.74, 6) is -0.835. The second-order valence-corrected chi connectivity index (χ2v) is 4.25. The van der Waals surface area contributed by atoms with E-state index in [1.807, 2.05) is 0 Å². The van der Waals surface area contributed by atoms with Gasteiger partial charge in [-0.3, -0.25) is 9.78 Å². The third-order valence-electron chi connectivity index (χ3n) is 2.14. The van der Waals surface area contributed by atoms with E-state index in [9.17, 15) is 9.18 Å². The van der Waals surface area contributed by atoms with E-state index in [1.54, 1.807) is 0 Å². The molecule has 7 heteroatoms. The van der Waals surface area contributed by atoms with E-state index in [2.05, 4.69) is 31.2 Å². The highest BCUT2D eigenvalue weighted by Crippen LogP contribution is 2.23. The van der Waals surface area contributed by atoms with Crippen molar-refractivity contribution in [3.05, 3.63) is 46.6 Å². The Morgan fingerprint density at radius 3 is 2.83 bits per heavy atom. The van der Waals surface area contributed by atoms with Crippen molar-refractivity contribution < 1.29 is 9.18 Å². The first-order valence-corrected chi connectivity index (χ1v) is 5.69. The lowest BCUT2D eigenvalue weighted by molar-refractivity contribution is 0.102. The minimum Gasteiger partial charge on any atom is -0.398 e. The van der Waals surface area contributed by atoms with Crippen LogP contribution in [0.4, 0.5) is 15.9 Å². The molecule has 0 spiro atoms. The molecule has 1 heterocycles. The minimum atomic E-state index is -0.562. The topological polar surface area (TPSA) is 80.9 Å². The van der Waals surface area contributed by atoms with Crippen LogP contribution >= 0.6 is 15.9 Å². The van der Waals surface area contributed by atoms with Gasteiger partial charge >= 0.3 is 0 Å². The van der Waals surface area contributed by atoms with Gasteiger partial charge in [0.1, 0.15) is 5.82 Å². The number of hydrogen-bond donors (Lipinski definition) is 2. The summed E-state index contributed by atoms with van der Waals surface area (Å²) >= 11 is 2.99. The second kappa shape index (κ2) is 5.09. The molecule has 1 aromatic heterocycles. The van der Waals surface area contributed by atoms with Gasteiger partial charge in [-0.15, -0.1) is 0 Å². The Hall–Kier alpha value is -2.02. The zero-order chi connectivity index (χ0) is 13.1. The van der Waals surface area contributed by atoms with Gasteiger partial charge in [-0.1, -0.05) is 0 Å². The summed E-state index contributed by atoms with van der Waals surface area (Å²) < 4.78 is 13.6. The number of carbonyl (C=O) groups excluding carboxylic acids is 1. The zero-order valence-electron chi connectivity index (χ0n) is 9.02. The maximum atomic E-state index is 13.3. The first-order valence-electron chi connectivity index (χ1n) is 4.90. The molecule has 0 radical (unpaired) electrons. The van der Waals surface area contributed by atoms with E-state index in [4.69, 9.17) is 5.73 Å². The summed E-state index contributed by atoms with van der Waals surface area (Å²) in [6.07, 6.45) is 4.29. The fraction of sp³-hybridized carbons (Fsp3) is 0. The molecule has 1 amide bonds. The van der Waals surface area contributed by atoms with Gasteiger partial charge in [0.15, 0.2) is 5.82 Å². The largest absolute Gasteiger partial charge is 0.398 e. The molecule has 2 aromatic rings. The van der Waals surface area contributed by atoms with Gasteiger partial charge in [-0.25, -0.2) is 9.37 Å². The van der Waals surface area contributed by atoms with Gasteiger partial charge in [0.2, 0.25) is 0 Å². The molecule has 3 N–H and O–H groups in total. The molecule has 0 fully saturated rings. The van der Waals surface area contributed by atoms with Gasteiger partial charge in [0.05, 0.1) is 16.2 Å². The van der Waals surface area contributed by atoms with E-state index in [1.165, 1.54) is 24.7 Å². The number of carbonyl (C=O) groups is 1. The molecule has 0 bridgehead atoms. The van der Waals surface area contributed by atoms with E-state index in [-0.39, 0.29) is 21.5 Å². The standard InChI is InChI=1S/C11H8BrFN4O/c12-7-4-9(14)6(3-8(7)13)11(18)17-10-5-15-1-2-16-10/h1-5H,14H2,(H,16,17,18). The fourth-order valence-corrected chi connectivity index (χ4v) is 1.67. The highest BCUT2D eigenvalue weighted by molar-refractivity contribution is 9.10. The van der Waals surface area contributed by atoms with Gasteiger partial charge < -0.3 is 11.1 Å². The Labute approximate surface area is 110 Å². The first-order chi connectivity index (χ1) is 8.58. The number of nitrogens with two attached hydrogens (primary N) is 1. The summed E-state index contributed by atoms with van der Waals surface area (Å²) in [7, 11) is 0. The van der Waals surface area contributed by atoms with Crippen LogP contribution in [0.25, 0.3) is 0 Å². The molecule has 5 nitrogen and oxygen atoms in total. The third kappa shape index (κ3) is 2.62. The van der Waals surface area contributed by atoms with Crippen molar-refractivity contribution in [3.8, 4) is 0 Å². The number of nitrogens with one attached hydrogen (secondary N) is 1. The van der Waals surface area contributed by atoms with E-state index < -0.39 is 11.7 Å². The summed E-state index contributed by atoms with van der Waals surface area (Å²) in [6, 6.07) is 2.39. The van der Waals surface area contributed by atoms with E-state index in [0.29, 0.717) is 0 Å². The summed E-state index contributed by atoms with van der Waals surface area (Å²) in [4.78, 5) is 19.5. The van der Waals surface area contributed by atoms with Crippen LogP contribution in [0.3, 0.4) is 0 Å². The van der Waals surface area contributed by atoms with Crippen molar-refractivity contribution in [2.24, 2.45) is 0 Å². The average Bonchev–Trinajstić information content (AvgIpc) is 2.35. The quantitative estimate of drug-likeness (QED) is 0.833. The van der Waals surface area contributed by atoms with Gasteiger partial charge in [-0.2, -0.15) is 0 Å². The Bertz CT molecular complexity index is 591. The third-order valence-corrected chi connectivity index (χ3v) is 2.75. The molecule has 1 aromatic carbocycles. The van der Waals surface area contributed by atoms with Crippen LogP contribution in [0, 0.1) is 5.82 Å². The molecule has 92 valence electrons. The zero-order valence-corrected chi connectivity index (χ0v) is 10.6. The first kappa shape index (κ1) is 12.4. The highest BCUT2D eigenvalue weighted by Gasteiger charge is 2.13. The van der Waals surface area contributed by atoms with Gasteiger partial charge in [-0.05, 0) is 28.1 Å². The summed E-state index contributed by atoms with van der Waals surface area (Å²) in [6.45, 7) is 0. The molecule has 0 aliphatic heterocycles. The number of amides is 1. The number of anilines is 2. The molecule has 0 aliphatic carbocycles. The normalized spacial score (nSPS) is 10.1. The molecule has 0 unspecified atom stereocenters. The Balaban J connectivity index is 2.27. The number of nitrogens with zero attached hydrogens (tertiary/aromatic N) is 2. The number of nitrogen functional groups attached to an aromatic ring is 1. The average molecular weight is 311 g/mol. The molecular formula is C11H8BrFN4O. The predicted molar refractivity (Wildman–Crippen MR) is 68.5 cm³/mol. The second-order valence-electron chi connectivity index (χ2n) is 3.40. The fourth-order valence-electron chi connectivity index (χ4n) is 1.31. The lowest BCUT2D eigenvalue weighted by Crippen LogP contribution is -2.15. The maximum Gasteiger partial charge on any atom is 0.259 e.